The van der Waals surface area contributed by atoms with Crippen LogP contribution in [0.4, 0.5) is 5.69 Å². The minimum Gasteiger partial charge on any atom is -0.495 e. The van der Waals surface area contributed by atoms with Crippen molar-refractivity contribution in [1.82, 2.24) is 10.2 Å². The van der Waals surface area contributed by atoms with E-state index in [1.54, 1.807) is 19.1 Å². The predicted molar refractivity (Wildman–Crippen MR) is 137 cm³/mol. The highest BCUT2D eigenvalue weighted by Gasteiger charge is 2.33. The van der Waals surface area contributed by atoms with Crippen molar-refractivity contribution < 1.29 is 17.9 Å². The van der Waals surface area contributed by atoms with Crippen LogP contribution in [0, 0.1) is 0 Å². The highest BCUT2D eigenvalue weighted by atomic mass is 35.5. The van der Waals surface area contributed by atoms with Gasteiger partial charge in [0.25, 0.3) is 0 Å². The summed E-state index contributed by atoms with van der Waals surface area (Å²) in [6.45, 7) is 5.31. The molecule has 1 heterocycles. The molecule has 0 unspecified atom stereocenters. The Morgan fingerprint density at radius 1 is 1.12 bits per heavy atom. The second-order valence-electron chi connectivity index (χ2n) is 8.67. The Bertz CT molecular complexity index is 1070. The zero-order valence-corrected chi connectivity index (χ0v) is 21.7. The number of nitrogens with zero attached hydrogens (tertiary/aromatic N) is 2. The van der Waals surface area contributed by atoms with Crippen LogP contribution in [0.25, 0.3) is 0 Å². The second kappa shape index (κ2) is 11.9. The van der Waals surface area contributed by atoms with Gasteiger partial charge in [-0.25, -0.2) is 8.42 Å². The van der Waals surface area contributed by atoms with E-state index < -0.39 is 16.1 Å². The van der Waals surface area contributed by atoms with Gasteiger partial charge in [-0.1, -0.05) is 49.2 Å². The van der Waals surface area contributed by atoms with E-state index in [-0.39, 0.29) is 18.0 Å². The number of piperidine rings is 1. The third-order valence-electron chi connectivity index (χ3n) is 6.05. The Balaban J connectivity index is 1.71. The number of likely N-dealkylation sites (tertiary alicyclic amines) is 1. The monoisotopic (exact) mass is 507 g/mol. The third-order valence-corrected chi connectivity index (χ3v) is 7.45. The van der Waals surface area contributed by atoms with Gasteiger partial charge < -0.3 is 10.1 Å². The molecule has 186 valence electrons. The van der Waals surface area contributed by atoms with Crippen molar-refractivity contribution in [3.63, 3.8) is 0 Å². The molecular weight excluding hydrogens is 474 g/mol. The van der Waals surface area contributed by atoms with Crippen LogP contribution in [0.3, 0.4) is 0 Å². The normalized spacial score (nSPS) is 15.5. The average Bonchev–Trinajstić information content (AvgIpc) is 2.81. The Morgan fingerprint density at radius 3 is 2.35 bits per heavy atom. The molecule has 1 aliphatic heterocycles. The summed E-state index contributed by atoms with van der Waals surface area (Å²) < 4.78 is 31.9. The number of benzene rings is 2. The van der Waals surface area contributed by atoms with Crippen molar-refractivity contribution in [2.24, 2.45) is 0 Å². The molecule has 0 spiro atoms. The summed E-state index contributed by atoms with van der Waals surface area (Å²) in [5.74, 6) is -0.0577. The van der Waals surface area contributed by atoms with E-state index in [0.29, 0.717) is 17.3 Å². The summed E-state index contributed by atoms with van der Waals surface area (Å²) in [5.41, 5.74) is 2.44. The minimum atomic E-state index is -3.80. The van der Waals surface area contributed by atoms with E-state index in [0.717, 1.165) is 35.8 Å². The fraction of sp³-hybridized carbons (Fsp3) is 0.480. The standard InChI is InChI=1S/C25H34ClN3O4S/c1-4-22(29(34(3,31)32)23-16-21(26)12-13-24(23)33-2)25(30)27-17-19-8-10-20(11-9-19)18-28-14-6-5-7-15-28/h8-13,16,22H,4-7,14-15,17-18H2,1-3H3,(H,27,30)/t22-/m1/s1. The molecule has 3 rings (SSSR count). The molecule has 7 nitrogen and oxygen atoms in total. The molecule has 1 saturated heterocycles. The van der Waals surface area contributed by atoms with Gasteiger partial charge >= 0.3 is 0 Å². The molecule has 0 radical (unpaired) electrons. The molecule has 2 aromatic rings. The van der Waals surface area contributed by atoms with Crippen LogP contribution in [0.1, 0.15) is 43.7 Å². The summed E-state index contributed by atoms with van der Waals surface area (Å²) >= 11 is 6.13. The number of anilines is 1. The summed E-state index contributed by atoms with van der Waals surface area (Å²) in [5, 5.41) is 3.25. The van der Waals surface area contributed by atoms with Gasteiger partial charge in [0.05, 0.1) is 19.1 Å². The zero-order valence-electron chi connectivity index (χ0n) is 20.1. The van der Waals surface area contributed by atoms with Crippen molar-refractivity contribution in [3.8, 4) is 5.75 Å². The van der Waals surface area contributed by atoms with Gasteiger partial charge in [-0.3, -0.25) is 14.0 Å². The van der Waals surface area contributed by atoms with Crippen molar-refractivity contribution in [3.05, 3.63) is 58.6 Å². The van der Waals surface area contributed by atoms with E-state index >= 15 is 0 Å². The van der Waals surface area contributed by atoms with E-state index in [1.165, 1.54) is 38.0 Å². The van der Waals surface area contributed by atoms with Crippen LogP contribution in [0.2, 0.25) is 5.02 Å². The van der Waals surface area contributed by atoms with Gasteiger partial charge in [0.1, 0.15) is 11.8 Å². The van der Waals surface area contributed by atoms with E-state index in [9.17, 15) is 13.2 Å². The molecular formula is C25H34ClN3O4S. The Kier molecular flexibility index (Phi) is 9.22. The van der Waals surface area contributed by atoms with Crippen molar-refractivity contribution in [1.29, 1.82) is 0 Å². The topological polar surface area (TPSA) is 79.0 Å². The fourth-order valence-electron chi connectivity index (χ4n) is 4.32. The number of hydrogen-bond donors (Lipinski definition) is 1. The lowest BCUT2D eigenvalue weighted by Crippen LogP contribution is -2.49. The summed E-state index contributed by atoms with van der Waals surface area (Å²) in [4.78, 5) is 15.6. The number of carbonyl (C=O) groups is 1. The molecule has 0 saturated carbocycles. The molecule has 1 aliphatic rings. The first kappa shape index (κ1) is 26.3. The SMILES string of the molecule is CC[C@H](C(=O)NCc1ccc(CN2CCCCC2)cc1)N(c1cc(Cl)ccc1OC)S(C)(=O)=O. The first-order valence-corrected chi connectivity index (χ1v) is 13.9. The van der Waals surface area contributed by atoms with Gasteiger partial charge in [-0.2, -0.15) is 0 Å². The molecule has 0 aliphatic carbocycles. The van der Waals surface area contributed by atoms with Crippen LogP contribution >= 0.6 is 11.6 Å². The number of halogens is 1. The highest BCUT2D eigenvalue weighted by Crippen LogP contribution is 2.34. The summed E-state index contributed by atoms with van der Waals surface area (Å²) in [6.07, 6.45) is 5.19. The lowest BCUT2D eigenvalue weighted by atomic mass is 10.1. The van der Waals surface area contributed by atoms with Crippen LogP contribution in [0.5, 0.6) is 5.75 Å². The minimum absolute atomic E-state index is 0.238. The number of amides is 1. The van der Waals surface area contributed by atoms with E-state index in [1.807, 2.05) is 12.1 Å². The van der Waals surface area contributed by atoms with Gasteiger partial charge in [0.15, 0.2) is 0 Å². The van der Waals surface area contributed by atoms with Crippen LogP contribution < -0.4 is 14.4 Å². The number of methoxy groups -OCH3 is 1. The zero-order chi connectivity index (χ0) is 24.7. The van der Waals surface area contributed by atoms with E-state index in [2.05, 4.69) is 22.3 Å². The van der Waals surface area contributed by atoms with Gasteiger partial charge in [0, 0.05) is 18.1 Å². The molecule has 1 amide bonds. The number of carbonyl (C=O) groups excluding carboxylic acids is 1. The van der Waals surface area contributed by atoms with Crippen LogP contribution in [-0.4, -0.2) is 51.7 Å². The van der Waals surface area contributed by atoms with Crippen LogP contribution in [-0.2, 0) is 27.9 Å². The molecule has 9 heteroatoms. The maximum absolute atomic E-state index is 13.1. The van der Waals surface area contributed by atoms with Crippen molar-refractivity contribution >= 4 is 33.2 Å². The Morgan fingerprint density at radius 2 is 1.76 bits per heavy atom. The van der Waals surface area contributed by atoms with Gasteiger partial charge in [-0.15, -0.1) is 0 Å². The first-order chi connectivity index (χ1) is 16.2. The molecule has 0 aromatic heterocycles. The lowest BCUT2D eigenvalue weighted by Gasteiger charge is -2.31. The summed E-state index contributed by atoms with van der Waals surface area (Å²) in [6, 6.07) is 12.0. The lowest BCUT2D eigenvalue weighted by molar-refractivity contribution is -0.122. The number of sulfonamides is 1. The molecule has 1 fully saturated rings. The van der Waals surface area contributed by atoms with Crippen LogP contribution in [0.15, 0.2) is 42.5 Å². The van der Waals surface area contributed by atoms with Crippen molar-refractivity contribution in [2.45, 2.75) is 51.7 Å². The number of rotatable bonds is 10. The molecule has 1 N–H and O–H groups in total. The molecule has 1 atom stereocenters. The van der Waals surface area contributed by atoms with Gasteiger partial charge in [0.2, 0.25) is 15.9 Å². The molecule has 34 heavy (non-hydrogen) atoms. The number of ether oxygens (including phenoxy) is 1. The molecule has 2 aromatic carbocycles. The predicted octanol–water partition coefficient (Wildman–Crippen LogP) is 4.20. The highest BCUT2D eigenvalue weighted by molar-refractivity contribution is 7.92. The quantitative estimate of drug-likeness (QED) is 0.521. The summed E-state index contributed by atoms with van der Waals surface area (Å²) in [7, 11) is -2.35. The maximum Gasteiger partial charge on any atom is 0.244 e. The van der Waals surface area contributed by atoms with Crippen molar-refractivity contribution in [2.75, 3.05) is 30.8 Å². The second-order valence-corrected chi connectivity index (χ2v) is 11.0. The number of nitrogens with one attached hydrogen (secondary N) is 1. The van der Waals surface area contributed by atoms with Gasteiger partial charge in [-0.05, 0) is 61.7 Å². The Labute approximate surface area is 208 Å². The average molecular weight is 508 g/mol. The number of hydrogen-bond acceptors (Lipinski definition) is 5. The Hall–Kier alpha value is -2.29. The smallest absolute Gasteiger partial charge is 0.244 e. The maximum atomic E-state index is 13.1. The third kappa shape index (κ3) is 6.87. The first-order valence-electron chi connectivity index (χ1n) is 11.6. The fourth-order valence-corrected chi connectivity index (χ4v) is 5.69. The largest absolute Gasteiger partial charge is 0.495 e. The molecule has 0 bridgehead atoms. The van der Waals surface area contributed by atoms with E-state index in [4.69, 9.17) is 16.3 Å².